The summed E-state index contributed by atoms with van der Waals surface area (Å²) in [6, 6.07) is 0. The van der Waals surface area contributed by atoms with Crippen LogP contribution in [0.2, 0.25) is 0 Å². The number of hydrogen-bond acceptors (Lipinski definition) is 6. The third-order valence-electron chi connectivity index (χ3n) is 1.36. The molecule has 0 aromatic carbocycles. The summed E-state index contributed by atoms with van der Waals surface area (Å²) in [4.78, 5) is 0. The lowest BCUT2D eigenvalue weighted by molar-refractivity contribution is 0.0107. The van der Waals surface area contributed by atoms with Crippen molar-refractivity contribution in [2.75, 3.05) is 12.5 Å². The standard InChI is InChI=1S/C7H16O6S2/c1-4-5-6-7(12-14(2,8)9)13-15(3,10)11/h7H,4-6H2,1-3H3. The zero-order chi connectivity index (χ0) is 12.1. The van der Waals surface area contributed by atoms with E-state index in [2.05, 4.69) is 8.37 Å². The predicted octanol–water partition coefficient (Wildman–Crippen LogP) is 0.455. The van der Waals surface area contributed by atoms with Gasteiger partial charge in [0.15, 0.2) is 6.29 Å². The summed E-state index contributed by atoms with van der Waals surface area (Å²) in [5.74, 6) is 0. The summed E-state index contributed by atoms with van der Waals surface area (Å²) in [5.41, 5.74) is 0. The molecular formula is C7H16O6S2. The van der Waals surface area contributed by atoms with Gasteiger partial charge >= 0.3 is 0 Å². The molecule has 0 amide bonds. The van der Waals surface area contributed by atoms with Gasteiger partial charge in [-0.15, -0.1) is 0 Å². The molecule has 8 heteroatoms. The topological polar surface area (TPSA) is 86.7 Å². The molecule has 92 valence electrons. The first-order valence-electron chi connectivity index (χ1n) is 4.40. The van der Waals surface area contributed by atoms with Crippen molar-refractivity contribution in [2.24, 2.45) is 0 Å². The van der Waals surface area contributed by atoms with Gasteiger partial charge < -0.3 is 0 Å². The van der Waals surface area contributed by atoms with Crippen molar-refractivity contribution in [3.05, 3.63) is 0 Å². The molecule has 0 bridgehead atoms. The highest BCUT2D eigenvalue weighted by molar-refractivity contribution is 7.86. The lowest BCUT2D eigenvalue weighted by atomic mass is 10.2. The molecular weight excluding hydrogens is 244 g/mol. The van der Waals surface area contributed by atoms with E-state index in [1.54, 1.807) is 0 Å². The molecule has 0 heterocycles. The van der Waals surface area contributed by atoms with Crippen LogP contribution in [-0.2, 0) is 28.6 Å². The molecule has 0 radical (unpaired) electrons. The minimum absolute atomic E-state index is 0.219. The normalized spacial score (nSPS) is 13.3. The lowest BCUT2D eigenvalue weighted by Crippen LogP contribution is -2.23. The van der Waals surface area contributed by atoms with Crippen LogP contribution in [0.3, 0.4) is 0 Å². The molecule has 0 aliphatic heterocycles. The van der Waals surface area contributed by atoms with Crippen LogP contribution >= 0.6 is 0 Å². The Kier molecular flexibility index (Phi) is 5.71. The van der Waals surface area contributed by atoms with E-state index in [4.69, 9.17) is 0 Å². The Labute approximate surface area is 90.8 Å². The van der Waals surface area contributed by atoms with Crippen LogP contribution in [0.4, 0.5) is 0 Å². The Bertz CT molecular complexity index is 334. The second kappa shape index (κ2) is 5.78. The minimum Gasteiger partial charge on any atom is -0.237 e. The van der Waals surface area contributed by atoms with Gasteiger partial charge in [-0.05, 0) is 6.42 Å². The highest BCUT2D eigenvalue weighted by Crippen LogP contribution is 2.11. The van der Waals surface area contributed by atoms with Crippen molar-refractivity contribution in [3.8, 4) is 0 Å². The molecule has 0 fully saturated rings. The fourth-order valence-corrected chi connectivity index (χ4v) is 1.97. The van der Waals surface area contributed by atoms with Crippen LogP contribution in [0, 0.1) is 0 Å². The maximum absolute atomic E-state index is 10.8. The average Bonchev–Trinajstić information content (AvgIpc) is 1.94. The molecule has 6 nitrogen and oxygen atoms in total. The van der Waals surface area contributed by atoms with Crippen LogP contribution in [0.25, 0.3) is 0 Å². The summed E-state index contributed by atoms with van der Waals surface area (Å²) in [7, 11) is -7.43. The highest BCUT2D eigenvalue weighted by Gasteiger charge is 2.20. The molecule has 0 saturated heterocycles. The molecule has 0 aromatic heterocycles. The van der Waals surface area contributed by atoms with Crippen LogP contribution in [0.1, 0.15) is 26.2 Å². The first-order valence-corrected chi connectivity index (χ1v) is 8.04. The molecule has 0 atom stereocenters. The van der Waals surface area contributed by atoms with Gasteiger partial charge in [-0.25, -0.2) is 8.37 Å². The van der Waals surface area contributed by atoms with E-state index >= 15 is 0 Å². The SMILES string of the molecule is CCCCC(OS(C)(=O)=O)OS(C)(=O)=O. The van der Waals surface area contributed by atoms with Gasteiger partial charge in [0, 0.05) is 6.42 Å². The monoisotopic (exact) mass is 260 g/mol. The van der Waals surface area contributed by atoms with E-state index in [9.17, 15) is 16.8 Å². The van der Waals surface area contributed by atoms with Crippen LogP contribution < -0.4 is 0 Å². The molecule has 0 aliphatic carbocycles. The van der Waals surface area contributed by atoms with Crippen molar-refractivity contribution < 1.29 is 25.2 Å². The van der Waals surface area contributed by atoms with Crippen molar-refractivity contribution in [2.45, 2.75) is 32.5 Å². The quantitative estimate of drug-likeness (QED) is 0.488. The van der Waals surface area contributed by atoms with E-state index in [1.165, 1.54) is 0 Å². The maximum atomic E-state index is 10.8. The van der Waals surface area contributed by atoms with E-state index in [0.717, 1.165) is 18.9 Å². The van der Waals surface area contributed by atoms with Gasteiger partial charge in [-0.3, -0.25) is 0 Å². The summed E-state index contributed by atoms with van der Waals surface area (Å²) in [6.45, 7) is 1.89. The molecule has 0 unspecified atom stereocenters. The van der Waals surface area contributed by atoms with Crippen molar-refractivity contribution in [1.82, 2.24) is 0 Å². The summed E-state index contributed by atoms with van der Waals surface area (Å²) in [6.07, 6.45) is 2.06. The Hall–Kier alpha value is -0.180. The highest BCUT2D eigenvalue weighted by atomic mass is 32.2. The largest absolute Gasteiger partial charge is 0.266 e. The molecule has 15 heavy (non-hydrogen) atoms. The zero-order valence-electron chi connectivity index (χ0n) is 8.96. The van der Waals surface area contributed by atoms with Crippen molar-refractivity contribution >= 4 is 20.2 Å². The fraction of sp³-hybridized carbons (Fsp3) is 1.00. The first-order chi connectivity index (χ1) is 6.64. The third-order valence-corrected chi connectivity index (χ3v) is 2.49. The van der Waals surface area contributed by atoms with E-state index in [0.29, 0.717) is 6.42 Å². The number of hydrogen-bond donors (Lipinski definition) is 0. The Morgan fingerprint density at radius 3 is 1.67 bits per heavy atom. The van der Waals surface area contributed by atoms with Gasteiger partial charge in [0.05, 0.1) is 12.5 Å². The molecule has 0 aromatic rings. The number of rotatable bonds is 7. The van der Waals surface area contributed by atoms with Gasteiger partial charge in [-0.2, -0.15) is 16.8 Å². The predicted molar refractivity (Wildman–Crippen MR) is 55.2 cm³/mol. The summed E-state index contributed by atoms with van der Waals surface area (Å²) in [5, 5.41) is 0. The Morgan fingerprint density at radius 1 is 1.00 bits per heavy atom. The van der Waals surface area contributed by atoms with Gasteiger partial charge in [0.1, 0.15) is 0 Å². The molecule has 0 N–H and O–H groups in total. The first kappa shape index (κ1) is 14.8. The second-order valence-corrected chi connectivity index (χ2v) is 6.37. The van der Waals surface area contributed by atoms with Crippen molar-refractivity contribution in [3.63, 3.8) is 0 Å². The van der Waals surface area contributed by atoms with E-state index in [1.807, 2.05) is 6.92 Å². The van der Waals surface area contributed by atoms with E-state index in [-0.39, 0.29) is 6.42 Å². The summed E-state index contributed by atoms with van der Waals surface area (Å²) < 4.78 is 52.1. The molecule has 0 saturated carbocycles. The fourth-order valence-electron chi connectivity index (χ4n) is 0.873. The minimum atomic E-state index is -3.72. The smallest absolute Gasteiger partial charge is 0.237 e. The van der Waals surface area contributed by atoms with Crippen LogP contribution in [-0.4, -0.2) is 35.6 Å². The van der Waals surface area contributed by atoms with Gasteiger partial charge in [0.2, 0.25) is 0 Å². The lowest BCUT2D eigenvalue weighted by Gasteiger charge is -2.14. The third kappa shape index (κ3) is 10.1. The van der Waals surface area contributed by atoms with Crippen LogP contribution in [0.5, 0.6) is 0 Å². The molecule has 0 spiro atoms. The Morgan fingerprint density at radius 2 is 1.40 bits per heavy atom. The zero-order valence-corrected chi connectivity index (χ0v) is 10.6. The van der Waals surface area contributed by atoms with Gasteiger partial charge in [-0.1, -0.05) is 13.3 Å². The van der Waals surface area contributed by atoms with E-state index < -0.39 is 26.5 Å². The molecule has 0 aliphatic rings. The Balaban J connectivity index is 4.45. The number of unbranched alkanes of at least 4 members (excludes halogenated alkanes) is 1. The maximum Gasteiger partial charge on any atom is 0.266 e. The molecule has 0 rings (SSSR count). The summed E-state index contributed by atoms with van der Waals surface area (Å²) >= 11 is 0. The van der Waals surface area contributed by atoms with Gasteiger partial charge in [0.25, 0.3) is 20.2 Å². The van der Waals surface area contributed by atoms with Crippen LogP contribution in [0.15, 0.2) is 0 Å². The van der Waals surface area contributed by atoms with Crippen molar-refractivity contribution in [1.29, 1.82) is 0 Å². The average molecular weight is 260 g/mol. The second-order valence-electron chi connectivity index (χ2n) is 3.17.